The standard InChI is InChI=1S/C19H22N4O3S/c1-5-16-21-18(15-6-7-27-19(15)22-16)23(2)11-17(24)20-12-8-13(25-3)10-14(9-12)26-4/h6-10H,5,11H2,1-4H3,(H,20,24). The summed E-state index contributed by atoms with van der Waals surface area (Å²) in [6.07, 6.45) is 0.741. The number of methoxy groups -OCH3 is 2. The zero-order chi connectivity index (χ0) is 19.4. The Morgan fingerprint density at radius 3 is 2.52 bits per heavy atom. The van der Waals surface area contributed by atoms with Crippen LogP contribution in [0.4, 0.5) is 11.5 Å². The van der Waals surface area contributed by atoms with E-state index >= 15 is 0 Å². The summed E-state index contributed by atoms with van der Waals surface area (Å²) >= 11 is 1.57. The van der Waals surface area contributed by atoms with Gasteiger partial charge >= 0.3 is 0 Å². The number of carbonyl (C=O) groups excluding carboxylic acids is 1. The number of hydrogen-bond acceptors (Lipinski definition) is 7. The highest BCUT2D eigenvalue weighted by molar-refractivity contribution is 7.16. The zero-order valence-electron chi connectivity index (χ0n) is 15.8. The minimum Gasteiger partial charge on any atom is -0.497 e. The van der Waals surface area contributed by atoms with Gasteiger partial charge in [-0.05, 0) is 11.4 Å². The van der Waals surface area contributed by atoms with Gasteiger partial charge in [-0.2, -0.15) is 0 Å². The molecule has 1 amide bonds. The van der Waals surface area contributed by atoms with Crippen molar-refractivity contribution in [3.8, 4) is 11.5 Å². The molecule has 0 aliphatic heterocycles. The second-order valence-electron chi connectivity index (χ2n) is 5.96. The van der Waals surface area contributed by atoms with Gasteiger partial charge in [-0.1, -0.05) is 6.92 Å². The van der Waals surface area contributed by atoms with E-state index in [2.05, 4.69) is 15.3 Å². The lowest BCUT2D eigenvalue weighted by molar-refractivity contribution is -0.114. The number of hydrogen-bond donors (Lipinski definition) is 1. The molecule has 142 valence electrons. The van der Waals surface area contributed by atoms with E-state index in [4.69, 9.17) is 9.47 Å². The number of fused-ring (bicyclic) bond motifs is 1. The Labute approximate surface area is 162 Å². The highest BCUT2D eigenvalue weighted by Gasteiger charge is 2.15. The number of aryl methyl sites for hydroxylation is 1. The Kier molecular flexibility index (Phi) is 5.75. The molecule has 0 spiro atoms. The lowest BCUT2D eigenvalue weighted by Gasteiger charge is -2.19. The van der Waals surface area contributed by atoms with Gasteiger partial charge in [0.15, 0.2) is 0 Å². The number of rotatable bonds is 7. The van der Waals surface area contributed by atoms with E-state index < -0.39 is 0 Å². The van der Waals surface area contributed by atoms with Gasteiger partial charge < -0.3 is 19.7 Å². The Morgan fingerprint density at radius 1 is 1.19 bits per heavy atom. The van der Waals surface area contributed by atoms with Crippen molar-refractivity contribution in [3.05, 3.63) is 35.5 Å². The molecule has 0 atom stereocenters. The van der Waals surface area contributed by atoms with Gasteiger partial charge in [0.05, 0.1) is 26.2 Å². The predicted octanol–water partition coefficient (Wildman–Crippen LogP) is 3.35. The molecule has 0 saturated heterocycles. The molecular weight excluding hydrogens is 364 g/mol. The normalized spacial score (nSPS) is 10.7. The Morgan fingerprint density at radius 2 is 1.89 bits per heavy atom. The molecule has 7 nitrogen and oxygen atoms in total. The second-order valence-corrected chi connectivity index (χ2v) is 6.86. The van der Waals surface area contributed by atoms with Crippen LogP contribution in [0, 0.1) is 0 Å². The third-order valence-electron chi connectivity index (χ3n) is 4.05. The molecule has 1 N–H and O–H groups in total. The van der Waals surface area contributed by atoms with Crippen LogP contribution in [0.15, 0.2) is 29.6 Å². The minimum atomic E-state index is -0.159. The first-order chi connectivity index (χ1) is 13.0. The monoisotopic (exact) mass is 386 g/mol. The first-order valence-corrected chi connectivity index (χ1v) is 9.40. The number of carbonyl (C=O) groups is 1. The van der Waals surface area contributed by atoms with Gasteiger partial charge in [-0.3, -0.25) is 4.79 Å². The van der Waals surface area contributed by atoms with Gasteiger partial charge in [0.25, 0.3) is 0 Å². The van der Waals surface area contributed by atoms with Crippen LogP contribution in [0.2, 0.25) is 0 Å². The molecule has 2 aromatic heterocycles. The number of ether oxygens (including phenoxy) is 2. The van der Waals surface area contributed by atoms with Crippen LogP contribution >= 0.6 is 11.3 Å². The summed E-state index contributed by atoms with van der Waals surface area (Å²) in [4.78, 5) is 24.5. The van der Waals surface area contributed by atoms with Crippen molar-refractivity contribution < 1.29 is 14.3 Å². The van der Waals surface area contributed by atoms with Gasteiger partial charge in [-0.25, -0.2) is 9.97 Å². The maximum Gasteiger partial charge on any atom is 0.243 e. The van der Waals surface area contributed by atoms with Crippen LogP contribution in [0.25, 0.3) is 10.2 Å². The summed E-state index contributed by atoms with van der Waals surface area (Å²) in [6, 6.07) is 7.23. The predicted molar refractivity (Wildman–Crippen MR) is 108 cm³/mol. The molecule has 2 heterocycles. The van der Waals surface area contributed by atoms with Gasteiger partial charge in [0.2, 0.25) is 5.91 Å². The molecule has 1 aromatic carbocycles. The molecular formula is C19H22N4O3S. The fourth-order valence-electron chi connectivity index (χ4n) is 2.70. The van der Waals surface area contributed by atoms with Crippen molar-refractivity contribution in [1.29, 1.82) is 0 Å². The van der Waals surface area contributed by atoms with Crippen LogP contribution in [0.1, 0.15) is 12.7 Å². The Bertz CT molecular complexity index is 935. The number of thiophene rings is 1. The minimum absolute atomic E-state index is 0.157. The Hall–Kier alpha value is -2.87. The first kappa shape index (κ1) is 18.9. The number of benzene rings is 1. The highest BCUT2D eigenvalue weighted by atomic mass is 32.1. The second kappa shape index (κ2) is 8.22. The van der Waals surface area contributed by atoms with E-state index in [0.29, 0.717) is 17.2 Å². The van der Waals surface area contributed by atoms with E-state index in [1.54, 1.807) is 43.8 Å². The first-order valence-electron chi connectivity index (χ1n) is 8.52. The third kappa shape index (κ3) is 4.28. The molecule has 3 aromatic rings. The number of amides is 1. The highest BCUT2D eigenvalue weighted by Crippen LogP contribution is 2.28. The molecule has 3 rings (SSSR count). The Balaban J connectivity index is 1.78. The average Bonchev–Trinajstić information content (AvgIpc) is 3.14. The van der Waals surface area contributed by atoms with E-state index in [-0.39, 0.29) is 12.5 Å². The number of aromatic nitrogens is 2. The number of nitrogens with zero attached hydrogens (tertiary/aromatic N) is 3. The van der Waals surface area contributed by atoms with E-state index in [0.717, 1.165) is 28.3 Å². The molecule has 0 aliphatic carbocycles. The van der Waals surface area contributed by atoms with Crippen molar-refractivity contribution in [1.82, 2.24) is 9.97 Å². The maximum absolute atomic E-state index is 12.5. The van der Waals surface area contributed by atoms with Crippen LogP contribution in [-0.2, 0) is 11.2 Å². The topological polar surface area (TPSA) is 76.6 Å². The van der Waals surface area contributed by atoms with Crippen molar-refractivity contribution in [2.45, 2.75) is 13.3 Å². The molecule has 0 fully saturated rings. The van der Waals surface area contributed by atoms with Gasteiger partial charge in [0.1, 0.15) is 28.0 Å². The summed E-state index contributed by atoms with van der Waals surface area (Å²) in [6.45, 7) is 2.17. The summed E-state index contributed by atoms with van der Waals surface area (Å²) in [5, 5.41) is 5.82. The molecule has 0 saturated carbocycles. The zero-order valence-corrected chi connectivity index (χ0v) is 16.6. The van der Waals surface area contributed by atoms with E-state index in [9.17, 15) is 4.79 Å². The number of likely N-dealkylation sites (N-methyl/N-ethyl adjacent to an activating group) is 1. The molecule has 27 heavy (non-hydrogen) atoms. The lowest BCUT2D eigenvalue weighted by Crippen LogP contribution is -2.31. The van der Waals surface area contributed by atoms with Crippen LogP contribution in [0.5, 0.6) is 11.5 Å². The van der Waals surface area contributed by atoms with E-state index in [1.807, 2.05) is 30.3 Å². The third-order valence-corrected chi connectivity index (χ3v) is 4.85. The summed E-state index contributed by atoms with van der Waals surface area (Å²) in [7, 11) is 4.99. The summed E-state index contributed by atoms with van der Waals surface area (Å²) in [5.74, 6) is 2.59. The largest absolute Gasteiger partial charge is 0.497 e. The maximum atomic E-state index is 12.5. The van der Waals surface area contributed by atoms with Crippen LogP contribution < -0.4 is 19.7 Å². The van der Waals surface area contributed by atoms with Crippen molar-refractivity contribution >= 4 is 39.0 Å². The van der Waals surface area contributed by atoms with Crippen LogP contribution in [-0.4, -0.2) is 43.7 Å². The summed E-state index contributed by atoms with van der Waals surface area (Å²) < 4.78 is 10.5. The number of anilines is 2. The smallest absolute Gasteiger partial charge is 0.243 e. The van der Waals surface area contributed by atoms with Crippen molar-refractivity contribution in [2.24, 2.45) is 0 Å². The average molecular weight is 386 g/mol. The molecule has 0 unspecified atom stereocenters. The quantitative estimate of drug-likeness (QED) is 0.671. The molecule has 0 aliphatic rings. The van der Waals surface area contributed by atoms with Gasteiger partial charge in [0, 0.05) is 37.4 Å². The van der Waals surface area contributed by atoms with E-state index in [1.165, 1.54) is 0 Å². The summed E-state index contributed by atoms with van der Waals surface area (Å²) in [5.41, 5.74) is 0.613. The molecule has 0 bridgehead atoms. The molecule has 0 radical (unpaired) electrons. The fourth-order valence-corrected chi connectivity index (χ4v) is 3.48. The van der Waals surface area contributed by atoms with Crippen molar-refractivity contribution in [3.63, 3.8) is 0 Å². The fraction of sp³-hybridized carbons (Fsp3) is 0.316. The lowest BCUT2D eigenvalue weighted by atomic mass is 10.2. The van der Waals surface area contributed by atoms with Crippen molar-refractivity contribution in [2.75, 3.05) is 38.0 Å². The van der Waals surface area contributed by atoms with Gasteiger partial charge in [-0.15, -0.1) is 11.3 Å². The SMILES string of the molecule is CCc1nc(N(C)CC(=O)Nc2cc(OC)cc(OC)c2)c2ccsc2n1. The number of nitrogens with one attached hydrogen (secondary N) is 1. The van der Waals surface area contributed by atoms with Crippen LogP contribution in [0.3, 0.4) is 0 Å². The molecule has 8 heteroatoms.